The molecule has 19 heavy (non-hydrogen) atoms. The molecule has 0 radical (unpaired) electrons. The van der Waals surface area contributed by atoms with Gasteiger partial charge in [-0.2, -0.15) is 0 Å². The number of hydrogen-bond acceptors (Lipinski definition) is 2. The van der Waals surface area contributed by atoms with Crippen molar-refractivity contribution in [1.82, 2.24) is 0 Å². The molecule has 1 atom stereocenters. The van der Waals surface area contributed by atoms with Gasteiger partial charge < -0.3 is 9.53 Å². The Morgan fingerprint density at radius 3 is 2.42 bits per heavy atom. The fraction of sp³-hybridized carbons (Fsp3) is 0.875. The van der Waals surface area contributed by atoms with E-state index in [9.17, 15) is 0 Å². The summed E-state index contributed by atoms with van der Waals surface area (Å²) in [5, 5.41) is 9.38. The van der Waals surface area contributed by atoms with E-state index in [0.717, 1.165) is 25.9 Å². The van der Waals surface area contributed by atoms with E-state index < -0.39 is 8.32 Å². The quantitative estimate of drug-likeness (QED) is 0.574. The molecule has 1 fully saturated rings. The lowest BCUT2D eigenvalue weighted by Crippen LogP contribution is -2.44. The third-order valence-corrected chi connectivity index (χ3v) is 9.69. The van der Waals surface area contributed by atoms with Gasteiger partial charge in [-0.1, -0.05) is 32.9 Å². The smallest absolute Gasteiger partial charge is 0.192 e. The van der Waals surface area contributed by atoms with E-state index in [2.05, 4.69) is 40.4 Å². The number of rotatable bonds is 6. The molecule has 0 aliphatic heterocycles. The Labute approximate surface area is 120 Å². The zero-order valence-corrected chi connectivity index (χ0v) is 14.5. The van der Waals surface area contributed by atoms with E-state index in [0.29, 0.717) is 0 Å². The molecule has 0 amide bonds. The normalized spacial score (nSPS) is 25.1. The van der Waals surface area contributed by atoms with Crippen LogP contribution in [-0.2, 0) is 4.43 Å². The van der Waals surface area contributed by atoms with Gasteiger partial charge in [0, 0.05) is 18.6 Å². The van der Waals surface area contributed by atoms with E-state index >= 15 is 0 Å². The first-order valence-electron chi connectivity index (χ1n) is 7.58. The summed E-state index contributed by atoms with van der Waals surface area (Å²) in [5.74, 6) is 0. The van der Waals surface area contributed by atoms with Gasteiger partial charge in [-0.3, -0.25) is 0 Å². The van der Waals surface area contributed by atoms with Crippen LogP contribution in [0.25, 0.3) is 0 Å². The lowest BCUT2D eigenvalue weighted by atomic mass is 9.79. The van der Waals surface area contributed by atoms with Crippen molar-refractivity contribution in [3.05, 3.63) is 12.2 Å². The molecule has 3 heteroatoms. The van der Waals surface area contributed by atoms with Crippen molar-refractivity contribution in [2.45, 2.75) is 71.0 Å². The second kappa shape index (κ2) is 6.11. The van der Waals surface area contributed by atoms with Gasteiger partial charge in [-0.15, -0.1) is 0 Å². The fourth-order valence-electron chi connectivity index (χ4n) is 2.58. The van der Waals surface area contributed by atoms with E-state index in [1.807, 2.05) is 0 Å². The molecule has 1 rings (SSSR count). The Balaban J connectivity index is 2.72. The largest absolute Gasteiger partial charge is 0.416 e. The summed E-state index contributed by atoms with van der Waals surface area (Å²) >= 11 is 0. The lowest BCUT2D eigenvalue weighted by Gasteiger charge is -2.40. The summed E-state index contributed by atoms with van der Waals surface area (Å²) < 4.78 is 6.45. The Kier molecular flexibility index (Phi) is 5.44. The molecule has 0 aromatic heterocycles. The van der Waals surface area contributed by atoms with Crippen LogP contribution in [0.2, 0.25) is 18.1 Å². The number of aliphatic hydroxyl groups is 1. The second-order valence-electron chi connectivity index (χ2n) is 7.61. The molecule has 0 aromatic carbocycles. The SMILES string of the molecule is C=C1CCC[C@@]1(CCCO)CO[Si](C)(C)C(C)(C)C. The van der Waals surface area contributed by atoms with Gasteiger partial charge >= 0.3 is 0 Å². The van der Waals surface area contributed by atoms with Gasteiger partial charge in [-0.05, 0) is 50.2 Å². The molecule has 112 valence electrons. The minimum atomic E-state index is -1.69. The highest BCUT2D eigenvalue weighted by molar-refractivity contribution is 6.74. The molecule has 0 heterocycles. The van der Waals surface area contributed by atoms with Crippen LogP contribution in [0.4, 0.5) is 0 Å². The minimum Gasteiger partial charge on any atom is -0.416 e. The van der Waals surface area contributed by atoms with Crippen molar-refractivity contribution in [2.24, 2.45) is 5.41 Å². The fourth-order valence-corrected chi connectivity index (χ4v) is 3.65. The van der Waals surface area contributed by atoms with Crippen LogP contribution in [0, 0.1) is 5.41 Å². The molecular formula is C16H32O2Si. The van der Waals surface area contributed by atoms with Crippen LogP contribution in [0.5, 0.6) is 0 Å². The highest BCUT2D eigenvalue weighted by Gasteiger charge is 2.42. The first-order valence-corrected chi connectivity index (χ1v) is 10.5. The van der Waals surface area contributed by atoms with Crippen molar-refractivity contribution in [1.29, 1.82) is 0 Å². The molecule has 1 aliphatic carbocycles. The predicted molar refractivity (Wildman–Crippen MR) is 84.9 cm³/mol. The monoisotopic (exact) mass is 284 g/mol. The predicted octanol–water partition coefficient (Wildman–Crippen LogP) is 4.51. The summed E-state index contributed by atoms with van der Waals surface area (Å²) in [6.07, 6.45) is 5.43. The summed E-state index contributed by atoms with van der Waals surface area (Å²) in [5.41, 5.74) is 1.48. The van der Waals surface area contributed by atoms with E-state index in [1.165, 1.54) is 18.4 Å². The maximum atomic E-state index is 9.12. The molecule has 0 saturated heterocycles. The molecule has 0 aromatic rings. The zero-order valence-electron chi connectivity index (χ0n) is 13.5. The summed E-state index contributed by atoms with van der Waals surface area (Å²) in [6.45, 7) is 16.8. The summed E-state index contributed by atoms with van der Waals surface area (Å²) in [6, 6.07) is 0. The summed E-state index contributed by atoms with van der Waals surface area (Å²) in [7, 11) is -1.69. The van der Waals surface area contributed by atoms with E-state index in [1.54, 1.807) is 0 Å². The zero-order chi connectivity index (χ0) is 14.7. The second-order valence-corrected chi connectivity index (χ2v) is 12.4. The van der Waals surface area contributed by atoms with Crippen molar-refractivity contribution in [3.8, 4) is 0 Å². The molecule has 1 aliphatic rings. The minimum absolute atomic E-state index is 0.137. The van der Waals surface area contributed by atoms with Gasteiger partial charge in [0.2, 0.25) is 0 Å². The molecule has 0 spiro atoms. The van der Waals surface area contributed by atoms with Crippen LogP contribution < -0.4 is 0 Å². The molecule has 1 N–H and O–H groups in total. The molecule has 0 bridgehead atoms. The van der Waals surface area contributed by atoms with Crippen LogP contribution in [0.15, 0.2) is 12.2 Å². The van der Waals surface area contributed by atoms with E-state index in [4.69, 9.17) is 9.53 Å². The Morgan fingerprint density at radius 1 is 1.37 bits per heavy atom. The first kappa shape index (κ1) is 16.9. The van der Waals surface area contributed by atoms with Gasteiger partial charge in [0.15, 0.2) is 8.32 Å². The van der Waals surface area contributed by atoms with Crippen molar-refractivity contribution in [3.63, 3.8) is 0 Å². The Bertz CT molecular complexity index is 317. The number of hydrogen-bond donors (Lipinski definition) is 1. The van der Waals surface area contributed by atoms with Gasteiger partial charge in [0.1, 0.15) is 0 Å². The third-order valence-electron chi connectivity index (χ3n) is 5.21. The van der Waals surface area contributed by atoms with Gasteiger partial charge in [0.05, 0.1) is 0 Å². The van der Waals surface area contributed by atoms with Crippen molar-refractivity contribution >= 4 is 8.32 Å². The Hall–Kier alpha value is -0.123. The highest BCUT2D eigenvalue weighted by atomic mass is 28.4. The first-order chi connectivity index (χ1) is 8.65. The molecular weight excluding hydrogens is 252 g/mol. The van der Waals surface area contributed by atoms with Crippen LogP contribution >= 0.6 is 0 Å². The van der Waals surface area contributed by atoms with Gasteiger partial charge in [0.25, 0.3) is 0 Å². The van der Waals surface area contributed by atoms with Crippen molar-refractivity contribution < 1.29 is 9.53 Å². The average Bonchev–Trinajstić information content (AvgIpc) is 2.65. The van der Waals surface area contributed by atoms with Crippen LogP contribution in [-0.4, -0.2) is 26.6 Å². The topological polar surface area (TPSA) is 29.5 Å². The molecule has 1 saturated carbocycles. The average molecular weight is 285 g/mol. The van der Waals surface area contributed by atoms with E-state index in [-0.39, 0.29) is 17.1 Å². The summed E-state index contributed by atoms with van der Waals surface area (Å²) in [4.78, 5) is 0. The van der Waals surface area contributed by atoms with Crippen molar-refractivity contribution in [2.75, 3.05) is 13.2 Å². The highest BCUT2D eigenvalue weighted by Crippen LogP contribution is 2.47. The molecule has 0 unspecified atom stereocenters. The number of aliphatic hydroxyl groups excluding tert-OH is 1. The molecule has 2 nitrogen and oxygen atoms in total. The lowest BCUT2D eigenvalue weighted by molar-refractivity contribution is 0.146. The van der Waals surface area contributed by atoms with Crippen LogP contribution in [0.3, 0.4) is 0 Å². The maximum Gasteiger partial charge on any atom is 0.192 e. The maximum absolute atomic E-state index is 9.12. The standard InChI is InChI=1S/C16H32O2Si/c1-14-9-7-10-16(14,11-8-12-17)13-18-19(5,6)15(2,3)4/h17H,1,7-13H2,2-6H3/t16-/m1/s1. The van der Waals surface area contributed by atoms with Crippen LogP contribution in [0.1, 0.15) is 52.9 Å². The van der Waals surface area contributed by atoms with Gasteiger partial charge in [-0.25, -0.2) is 0 Å². The Morgan fingerprint density at radius 2 is 2.00 bits per heavy atom. The third kappa shape index (κ3) is 3.93.